The van der Waals surface area contributed by atoms with E-state index in [2.05, 4.69) is 39.7 Å². The predicted octanol–water partition coefficient (Wildman–Crippen LogP) is 3.61. The van der Waals surface area contributed by atoms with E-state index in [1.807, 2.05) is 31.2 Å². The first-order valence-corrected chi connectivity index (χ1v) is 7.15. The molecule has 2 N–H and O–H groups in total. The van der Waals surface area contributed by atoms with E-state index in [1.54, 1.807) is 0 Å². The minimum atomic E-state index is 0.703. The summed E-state index contributed by atoms with van der Waals surface area (Å²) < 4.78 is 0. The van der Waals surface area contributed by atoms with Crippen LogP contribution in [0.4, 0.5) is 11.8 Å². The molecule has 0 fully saturated rings. The van der Waals surface area contributed by atoms with Gasteiger partial charge in [0.1, 0.15) is 5.82 Å². The maximum Gasteiger partial charge on any atom is 0.224 e. The summed E-state index contributed by atoms with van der Waals surface area (Å²) in [6.45, 7) is 5.84. The van der Waals surface area contributed by atoms with Gasteiger partial charge in [-0.1, -0.05) is 43.7 Å². The van der Waals surface area contributed by atoms with Gasteiger partial charge in [-0.3, -0.25) is 0 Å². The van der Waals surface area contributed by atoms with Crippen LogP contribution in [0.15, 0.2) is 36.4 Å². The molecule has 1 aromatic heterocycles. The number of aromatic nitrogens is 2. The Labute approximate surface area is 120 Å². The third-order valence-corrected chi connectivity index (χ3v) is 2.98. The van der Waals surface area contributed by atoms with Crippen LogP contribution >= 0.6 is 0 Å². The molecule has 0 atom stereocenters. The molecule has 4 heteroatoms. The molecule has 0 amide bonds. The van der Waals surface area contributed by atoms with Crippen molar-refractivity contribution in [3.63, 3.8) is 0 Å². The maximum atomic E-state index is 4.49. The van der Waals surface area contributed by atoms with E-state index in [4.69, 9.17) is 0 Å². The van der Waals surface area contributed by atoms with Crippen molar-refractivity contribution < 1.29 is 0 Å². The lowest BCUT2D eigenvalue weighted by Gasteiger charge is -2.09. The Bertz CT molecular complexity index is 525. The minimum Gasteiger partial charge on any atom is -0.366 e. The molecule has 0 unspecified atom stereocenters. The van der Waals surface area contributed by atoms with Crippen LogP contribution in [0.1, 0.15) is 31.0 Å². The van der Waals surface area contributed by atoms with Crippen molar-refractivity contribution in [3.05, 3.63) is 47.7 Å². The Hall–Kier alpha value is -2.10. The zero-order valence-electron chi connectivity index (χ0n) is 12.2. The molecule has 0 aliphatic heterocycles. The molecule has 0 saturated heterocycles. The molecule has 0 bridgehead atoms. The first-order valence-electron chi connectivity index (χ1n) is 7.15. The smallest absolute Gasteiger partial charge is 0.224 e. The summed E-state index contributed by atoms with van der Waals surface area (Å²) in [6, 6.07) is 12.3. The van der Waals surface area contributed by atoms with Crippen LogP contribution in [0.3, 0.4) is 0 Å². The highest BCUT2D eigenvalue weighted by Crippen LogP contribution is 2.11. The fourth-order valence-electron chi connectivity index (χ4n) is 1.90. The predicted molar refractivity (Wildman–Crippen MR) is 83.9 cm³/mol. The highest BCUT2D eigenvalue weighted by Gasteiger charge is 2.01. The highest BCUT2D eigenvalue weighted by atomic mass is 15.1. The van der Waals surface area contributed by atoms with Crippen LogP contribution in [0.2, 0.25) is 0 Å². The third-order valence-electron chi connectivity index (χ3n) is 2.98. The molecule has 0 saturated carbocycles. The van der Waals surface area contributed by atoms with Gasteiger partial charge in [-0.05, 0) is 18.9 Å². The zero-order valence-corrected chi connectivity index (χ0v) is 12.2. The molecule has 0 spiro atoms. The van der Waals surface area contributed by atoms with Crippen molar-refractivity contribution in [2.45, 2.75) is 33.2 Å². The molecule has 2 aromatic rings. The first kappa shape index (κ1) is 14.3. The SMILES string of the molecule is CCCCNc1nc(C)cc(NCc2ccccc2)n1. The molecule has 0 radical (unpaired) electrons. The molecular formula is C16H22N4. The average molecular weight is 270 g/mol. The maximum absolute atomic E-state index is 4.49. The fraction of sp³-hybridized carbons (Fsp3) is 0.375. The van der Waals surface area contributed by atoms with Gasteiger partial charge in [-0.15, -0.1) is 0 Å². The van der Waals surface area contributed by atoms with Gasteiger partial charge in [0, 0.05) is 24.8 Å². The Morgan fingerprint density at radius 1 is 1.05 bits per heavy atom. The van der Waals surface area contributed by atoms with Crippen molar-refractivity contribution in [2.24, 2.45) is 0 Å². The number of nitrogens with one attached hydrogen (secondary N) is 2. The molecule has 1 aromatic carbocycles. The highest BCUT2D eigenvalue weighted by molar-refractivity contribution is 5.42. The lowest BCUT2D eigenvalue weighted by atomic mass is 10.2. The molecular weight excluding hydrogens is 248 g/mol. The molecule has 1 heterocycles. The summed E-state index contributed by atoms with van der Waals surface area (Å²) in [5, 5.41) is 6.60. The van der Waals surface area contributed by atoms with Crippen molar-refractivity contribution in [2.75, 3.05) is 17.2 Å². The van der Waals surface area contributed by atoms with Crippen LogP contribution in [0, 0.1) is 6.92 Å². The van der Waals surface area contributed by atoms with E-state index in [9.17, 15) is 0 Å². The largest absolute Gasteiger partial charge is 0.366 e. The third kappa shape index (κ3) is 4.53. The van der Waals surface area contributed by atoms with Crippen LogP contribution in [0.25, 0.3) is 0 Å². The fourth-order valence-corrected chi connectivity index (χ4v) is 1.90. The number of anilines is 2. The van der Waals surface area contributed by atoms with Gasteiger partial charge in [0.2, 0.25) is 5.95 Å². The van der Waals surface area contributed by atoms with Crippen LogP contribution in [0.5, 0.6) is 0 Å². The van der Waals surface area contributed by atoms with Crippen molar-refractivity contribution in [3.8, 4) is 0 Å². The average Bonchev–Trinajstić information content (AvgIpc) is 2.46. The number of rotatable bonds is 7. The van der Waals surface area contributed by atoms with Gasteiger partial charge in [-0.25, -0.2) is 4.98 Å². The van der Waals surface area contributed by atoms with E-state index >= 15 is 0 Å². The molecule has 4 nitrogen and oxygen atoms in total. The van der Waals surface area contributed by atoms with Crippen molar-refractivity contribution in [1.29, 1.82) is 0 Å². The van der Waals surface area contributed by atoms with Gasteiger partial charge < -0.3 is 10.6 Å². The normalized spacial score (nSPS) is 10.3. The minimum absolute atomic E-state index is 0.703. The van der Waals surface area contributed by atoms with E-state index in [-0.39, 0.29) is 0 Å². The number of aryl methyl sites for hydroxylation is 1. The topological polar surface area (TPSA) is 49.8 Å². The Balaban J connectivity index is 1.97. The van der Waals surface area contributed by atoms with Gasteiger partial charge in [-0.2, -0.15) is 4.98 Å². The van der Waals surface area contributed by atoms with E-state index < -0.39 is 0 Å². The molecule has 2 rings (SSSR count). The summed E-state index contributed by atoms with van der Waals surface area (Å²) in [7, 11) is 0. The molecule has 0 aliphatic rings. The Kier molecular flexibility index (Phi) is 5.35. The summed E-state index contributed by atoms with van der Waals surface area (Å²) in [4.78, 5) is 8.89. The summed E-state index contributed by atoms with van der Waals surface area (Å²) in [6.07, 6.45) is 2.29. The van der Waals surface area contributed by atoms with Crippen molar-refractivity contribution >= 4 is 11.8 Å². The van der Waals surface area contributed by atoms with E-state index in [0.29, 0.717) is 5.95 Å². The van der Waals surface area contributed by atoms with Crippen molar-refractivity contribution in [1.82, 2.24) is 9.97 Å². The van der Waals surface area contributed by atoms with E-state index in [0.717, 1.165) is 37.4 Å². The number of benzene rings is 1. The van der Waals surface area contributed by atoms with Gasteiger partial charge in [0.15, 0.2) is 0 Å². The number of unbranched alkanes of at least 4 members (excludes halogenated alkanes) is 1. The van der Waals surface area contributed by atoms with E-state index in [1.165, 1.54) is 5.56 Å². The second-order valence-corrected chi connectivity index (χ2v) is 4.84. The van der Waals surface area contributed by atoms with Gasteiger partial charge in [0.05, 0.1) is 0 Å². The molecule has 106 valence electrons. The molecule has 0 aliphatic carbocycles. The zero-order chi connectivity index (χ0) is 14.2. The van der Waals surface area contributed by atoms with Crippen LogP contribution < -0.4 is 10.6 Å². The lowest BCUT2D eigenvalue weighted by Crippen LogP contribution is -2.08. The second-order valence-electron chi connectivity index (χ2n) is 4.84. The second kappa shape index (κ2) is 7.48. The van der Waals surface area contributed by atoms with Crippen LogP contribution in [-0.4, -0.2) is 16.5 Å². The summed E-state index contributed by atoms with van der Waals surface area (Å²) >= 11 is 0. The number of hydrogen-bond donors (Lipinski definition) is 2. The lowest BCUT2D eigenvalue weighted by molar-refractivity contribution is 0.825. The van der Waals surface area contributed by atoms with Gasteiger partial charge >= 0.3 is 0 Å². The first-order chi connectivity index (χ1) is 9.78. The summed E-state index contributed by atoms with van der Waals surface area (Å²) in [5.74, 6) is 1.56. The monoisotopic (exact) mass is 270 g/mol. The molecule has 20 heavy (non-hydrogen) atoms. The van der Waals surface area contributed by atoms with Crippen LogP contribution in [-0.2, 0) is 6.54 Å². The number of hydrogen-bond acceptors (Lipinski definition) is 4. The Morgan fingerprint density at radius 3 is 2.60 bits per heavy atom. The van der Waals surface area contributed by atoms with Gasteiger partial charge in [0.25, 0.3) is 0 Å². The number of nitrogens with zero attached hydrogens (tertiary/aromatic N) is 2. The quantitative estimate of drug-likeness (QED) is 0.755. The standard InChI is InChI=1S/C16H22N4/c1-3-4-10-17-16-19-13(2)11-15(20-16)18-12-14-8-6-5-7-9-14/h5-9,11H,3-4,10,12H2,1-2H3,(H2,17,18,19,20). The summed E-state index contributed by atoms with van der Waals surface area (Å²) in [5.41, 5.74) is 2.21. The Morgan fingerprint density at radius 2 is 1.85 bits per heavy atom.